The quantitative estimate of drug-likeness (QED) is 0.636. The van der Waals surface area contributed by atoms with E-state index in [1.165, 1.54) is 5.56 Å². The predicted octanol–water partition coefficient (Wildman–Crippen LogP) is 2.07. The van der Waals surface area contributed by atoms with Gasteiger partial charge >= 0.3 is 0 Å². The highest BCUT2D eigenvalue weighted by Gasteiger charge is 2.01. The number of hydrogen-bond acceptors (Lipinski definition) is 4. The first-order chi connectivity index (χ1) is 7.66. The number of benzene rings is 1. The Balaban J connectivity index is 2.24. The Hall–Kier alpha value is -1.62. The summed E-state index contributed by atoms with van der Waals surface area (Å²) in [5.41, 5.74) is 2.26. The van der Waals surface area contributed by atoms with E-state index in [0.29, 0.717) is 11.0 Å². The maximum Gasteiger partial charge on any atom is 0.208 e. The molecule has 2 rings (SSSR count). The summed E-state index contributed by atoms with van der Waals surface area (Å²) in [4.78, 5) is 0. The fraction of sp³-hybridized carbons (Fsp3) is 0.182. The van der Waals surface area contributed by atoms with Crippen LogP contribution in [-0.4, -0.2) is 21.1 Å². The number of hydrogen-bond donors (Lipinski definition) is 1. The average molecular weight is 232 g/mol. The van der Waals surface area contributed by atoms with Gasteiger partial charge in [-0.3, -0.25) is 0 Å². The summed E-state index contributed by atoms with van der Waals surface area (Å²) in [5.74, 6) is 0.716. The Kier molecular flexibility index (Phi) is 3.05. The molecule has 0 fully saturated rings. The fourth-order valence-corrected chi connectivity index (χ4v) is 1.50. The van der Waals surface area contributed by atoms with Crippen molar-refractivity contribution >= 4 is 18.8 Å². The van der Waals surface area contributed by atoms with E-state index in [0.717, 1.165) is 5.56 Å². The fourth-order valence-electron chi connectivity index (χ4n) is 1.26. The predicted molar refractivity (Wildman–Crippen MR) is 66.2 cm³/mol. The molecule has 0 amide bonds. The first-order valence-electron chi connectivity index (χ1n) is 4.89. The average Bonchev–Trinajstić information content (AvgIpc) is 2.59. The molecule has 0 aliphatic heterocycles. The molecule has 0 bridgehead atoms. The minimum atomic E-state index is 0.487. The summed E-state index contributed by atoms with van der Waals surface area (Å²) in [6, 6.07) is 8.11. The second-order valence-corrected chi connectivity index (χ2v) is 3.91. The Morgan fingerprint density at radius 1 is 1.19 bits per heavy atom. The summed E-state index contributed by atoms with van der Waals surface area (Å²) in [6.45, 7) is 3.88. The molecule has 0 aliphatic carbocycles. The lowest BCUT2D eigenvalue weighted by molar-refractivity contribution is 0.747. The molecule has 5 heteroatoms. The Labute approximate surface area is 99.4 Å². The number of thiol groups is 1. The summed E-state index contributed by atoms with van der Waals surface area (Å²) in [6.07, 6.45) is 1.76. The molecule has 0 saturated carbocycles. The van der Waals surface area contributed by atoms with Gasteiger partial charge < -0.3 is 0 Å². The van der Waals surface area contributed by atoms with Crippen molar-refractivity contribution in [3.63, 3.8) is 0 Å². The SMILES string of the molecule is Cc1ccc(C=Nn2c(C)nnc2S)cc1. The summed E-state index contributed by atoms with van der Waals surface area (Å²) >= 11 is 4.16. The van der Waals surface area contributed by atoms with Crippen LogP contribution in [0.15, 0.2) is 34.5 Å². The molecule has 0 radical (unpaired) electrons. The number of aryl methyl sites for hydroxylation is 2. The summed E-state index contributed by atoms with van der Waals surface area (Å²) in [7, 11) is 0. The van der Waals surface area contributed by atoms with Gasteiger partial charge in [0, 0.05) is 0 Å². The van der Waals surface area contributed by atoms with Crippen LogP contribution in [-0.2, 0) is 0 Å². The van der Waals surface area contributed by atoms with Crippen molar-refractivity contribution in [3.8, 4) is 0 Å². The number of aromatic nitrogens is 3. The maximum absolute atomic E-state index is 4.26. The van der Waals surface area contributed by atoms with Crippen LogP contribution in [0.5, 0.6) is 0 Å². The molecule has 2 aromatic rings. The molecule has 0 N–H and O–H groups in total. The Morgan fingerprint density at radius 2 is 1.88 bits per heavy atom. The molecule has 82 valence electrons. The molecule has 16 heavy (non-hydrogen) atoms. The number of rotatable bonds is 2. The van der Waals surface area contributed by atoms with Crippen LogP contribution in [0.2, 0.25) is 0 Å². The second kappa shape index (κ2) is 4.49. The minimum absolute atomic E-state index is 0.487. The van der Waals surface area contributed by atoms with Gasteiger partial charge in [0.25, 0.3) is 0 Å². The highest BCUT2D eigenvalue weighted by Crippen LogP contribution is 2.05. The molecule has 1 aromatic carbocycles. The second-order valence-electron chi connectivity index (χ2n) is 3.51. The van der Waals surface area contributed by atoms with Gasteiger partial charge in [-0.1, -0.05) is 29.8 Å². The van der Waals surface area contributed by atoms with Crippen LogP contribution in [0.3, 0.4) is 0 Å². The zero-order chi connectivity index (χ0) is 11.5. The van der Waals surface area contributed by atoms with Gasteiger partial charge in [-0.15, -0.1) is 22.8 Å². The molecule has 0 spiro atoms. The van der Waals surface area contributed by atoms with Crippen LogP contribution in [0.1, 0.15) is 17.0 Å². The molecule has 1 heterocycles. The van der Waals surface area contributed by atoms with E-state index >= 15 is 0 Å². The van der Waals surface area contributed by atoms with Crippen LogP contribution in [0.4, 0.5) is 0 Å². The van der Waals surface area contributed by atoms with Crippen LogP contribution < -0.4 is 0 Å². The van der Waals surface area contributed by atoms with Gasteiger partial charge in [0.2, 0.25) is 5.16 Å². The van der Waals surface area contributed by atoms with Crippen LogP contribution in [0, 0.1) is 13.8 Å². The Morgan fingerprint density at radius 3 is 2.44 bits per heavy atom. The molecule has 0 unspecified atom stereocenters. The van der Waals surface area contributed by atoms with Gasteiger partial charge in [0.1, 0.15) is 0 Å². The molecular weight excluding hydrogens is 220 g/mol. The van der Waals surface area contributed by atoms with E-state index in [-0.39, 0.29) is 0 Å². The number of nitrogens with zero attached hydrogens (tertiary/aromatic N) is 4. The van der Waals surface area contributed by atoms with Gasteiger partial charge in [-0.2, -0.15) is 9.78 Å². The lowest BCUT2D eigenvalue weighted by atomic mass is 10.2. The summed E-state index contributed by atoms with van der Waals surface area (Å²) < 4.78 is 1.59. The Bertz CT molecular complexity index is 494. The highest BCUT2D eigenvalue weighted by molar-refractivity contribution is 7.80. The maximum atomic E-state index is 4.26. The van der Waals surface area contributed by atoms with E-state index in [1.54, 1.807) is 10.9 Å². The lowest BCUT2D eigenvalue weighted by Gasteiger charge is -1.97. The summed E-state index contributed by atoms with van der Waals surface area (Å²) in [5, 5.41) is 12.4. The van der Waals surface area contributed by atoms with E-state index in [1.807, 2.05) is 31.2 Å². The van der Waals surface area contributed by atoms with Crippen LogP contribution >= 0.6 is 12.6 Å². The van der Waals surface area contributed by atoms with Crippen molar-refractivity contribution in [3.05, 3.63) is 41.2 Å². The zero-order valence-electron chi connectivity index (χ0n) is 9.12. The van der Waals surface area contributed by atoms with Gasteiger partial charge in [-0.25, -0.2) is 0 Å². The van der Waals surface area contributed by atoms with Gasteiger partial charge in [0.05, 0.1) is 6.21 Å². The monoisotopic (exact) mass is 232 g/mol. The van der Waals surface area contributed by atoms with Crippen molar-refractivity contribution in [2.75, 3.05) is 0 Å². The third-order valence-electron chi connectivity index (χ3n) is 2.18. The van der Waals surface area contributed by atoms with Crippen LogP contribution in [0.25, 0.3) is 0 Å². The minimum Gasteiger partial charge on any atom is -0.192 e. The van der Waals surface area contributed by atoms with Gasteiger partial charge in [0.15, 0.2) is 5.82 Å². The molecule has 0 atom stereocenters. The standard InChI is InChI=1S/C11H12N4S/c1-8-3-5-10(6-4-8)7-12-15-9(2)13-14-11(15)16/h3-7H,1-2H3,(H,14,16). The van der Waals surface area contributed by atoms with Crippen molar-refractivity contribution in [2.45, 2.75) is 19.0 Å². The van der Waals surface area contributed by atoms with Crippen molar-refractivity contribution in [1.29, 1.82) is 0 Å². The van der Waals surface area contributed by atoms with E-state index in [2.05, 4.69) is 34.9 Å². The lowest BCUT2D eigenvalue weighted by Crippen LogP contribution is -1.94. The third kappa shape index (κ3) is 2.30. The molecule has 0 aliphatic rings. The largest absolute Gasteiger partial charge is 0.208 e. The van der Waals surface area contributed by atoms with Crippen molar-refractivity contribution in [1.82, 2.24) is 14.9 Å². The van der Waals surface area contributed by atoms with Crippen molar-refractivity contribution < 1.29 is 0 Å². The first-order valence-corrected chi connectivity index (χ1v) is 5.33. The third-order valence-corrected chi connectivity index (χ3v) is 2.46. The highest BCUT2D eigenvalue weighted by atomic mass is 32.1. The topological polar surface area (TPSA) is 43.1 Å². The molecular formula is C11H12N4S. The van der Waals surface area contributed by atoms with E-state index in [4.69, 9.17) is 0 Å². The zero-order valence-corrected chi connectivity index (χ0v) is 10.0. The molecule has 1 aromatic heterocycles. The van der Waals surface area contributed by atoms with E-state index in [9.17, 15) is 0 Å². The van der Waals surface area contributed by atoms with Crippen molar-refractivity contribution in [2.24, 2.45) is 5.10 Å². The van der Waals surface area contributed by atoms with E-state index < -0.39 is 0 Å². The molecule has 4 nitrogen and oxygen atoms in total. The molecule has 0 saturated heterocycles. The first kappa shape index (κ1) is 10.9. The smallest absolute Gasteiger partial charge is 0.192 e. The normalized spacial score (nSPS) is 11.2. The van der Waals surface area contributed by atoms with Gasteiger partial charge in [-0.05, 0) is 19.4 Å².